The van der Waals surface area contributed by atoms with Crippen LogP contribution >= 0.6 is 0 Å². The fourth-order valence-corrected chi connectivity index (χ4v) is 3.81. The number of anilines is 1. The summed E-state index contributed by atoms with van der Waals surface area (Å²) in [4.78, 5) is 20.8. The maximum atomic E-state index is 13.7. The van der Waals surface area contributed by atoms with Gasteiger partial charge in [-0.3, -0.25) is 9.36 Å². The van der Waals surface area contributed by atoms with E-state index in [1.807, 2.05) is 29.7 Å². The van der Waals surface area contributed by atoms with E-state index in [2.05, 4.69) is 18.7 Å². The van der Waals surface area contributed by atoms with E-state index in [1.54, 1.807) is 14.2 Å². The summed E-state index contributed by atoms with van der Waals surface area (Å²) in [6.45, 7) is 8.65. The van der Waals surface area contributed by atoms with Gasteiger partial charge in [0.1, 0.15) is 23.0 Å². The molecular formula is C23H33N3O3. The molecule has 158 valence electrons. The molecule has 1 fully saturated rings. The summed E-state index contributed by atoms with van der Waals surface area (Å²) in [6, 6.07) is 5.65. The third kappa shape index (κ3) is 4.57. The Kier molecular flexibility index (Phi) is 6.83. The maximum absolute atomic E-state index is 13.7. The Balaban J connectivity index is 2.19. The summed E-state index contributed by atoms with van der Waals surface area (Å²) >= 11 is 0. The van der Waals surface area contributed by atoms with Crippen molar-refractivity contribution in [2.45, 2.75) is 53.0 Å². The molecule has 0 amide bonds. The van der Waals surface area contributed by atoms with Crippen LogP contribution in [-0.2, 0) is 6.54 Å². The lowest BCUT2D eigenvalue weighted by molar-refractivity contribution is 0.395. The minimum atomic E-state index is 0.0548. The highest BCUT2D eigenvalue weighted by molar-refractivity contribution is 5.68. The van der Waals surface area contributed by atoms with Gasteiger partial charge >= 0.3 is 0 Å². The molecule has 0 saturated heterocycles. The van der Waals surface area contributed by atoms with Crippen LogP contribution in [0.4, 0.5) is 5.69 Å². The summed E-state index contributed by atoms with van der Waals surface area (Å²) < 4.78 is 12.8. The first-order valence-corrected chi connectivity index (χ1v) is 10.6. The van der Waals surface area contributed by atoms with E-state index in [0.717, 1.165) is 42.9 Å². The number of nitrogens with zero attached hydrogens (tertiary/aromatic N) is 3. The molecule has 0 N–H and O–H groups in total. The molecule has 1 heterocycles. The monoisotopic (exact) mass is 399 g/mol. The predicted molar refractivity (Wildman–Crippen MR) is 117 cm³/mol. The average Bonchev–Trinajstić information content (AvgIpc) is 3.54. The van der Waals surface area contributed by atoms with E-state index >= 15 is 0 Å². The molecule has 1 aliphatic carbocycles. The Morgan fingerprint density at radius 2 is 1.83 bits per heavy atom. The highest BCUT2D eigenvalue weighted by Gasteiger charge is 2.27. The van der Waals surface area contributed by atoms with Gasteiger partial charge < -0.3 is 14.4 Å². The molecule has 6 nitrogen and oxygen atoms in total. The zero-order valence-electron chi connectivity index (χ0n) is 18.3. The second kappa shape index (κ2) is 9.33. The Morgan fingerprint density at radius 3 is 2.38 bits per heavy atom. The van der Waals surface area contributed by atoms with Gasteiger partial charge in [0.25, 0.3) is 5.56 Å². The quantitative estimate of drug-likeness (QED) is 0.597. The van der Waals surface area contributed by atoms with Crippen LogP contribution in [0, 0.1) is 12.8 Å². The van der Waals surface area contributed by atoms with Gasteiger partial charge in [0.2, 0.25) is 0 Å². The normalized spacial score (nSPS) is 13.4. The molecule has 0 bridgehead atoms. The molecule has 1 aromatic carbocycles. The Morgan fingerprint density at radius 1 is 1.14 bits per heavy atom. The van der Waals surface area contributed by atoms with Crippen molar-refractivity contribution in [2.24, 2.45) is 5.92 Å². The third-order valence-electron chi connectivity index (χ3n) is 5.41. The first-order chi connectivity index (χ1) is 14.0. The van der Waals surface area contributed by atoms with Crippen molar-refractivity contribution in [3.05, 3.63) is 34.2 Å². The fourth-order valence-electron chi connectivity index (χ4n) is 3.81. The minimum absolute atomic E-state index is 0.0548. The molecular weight excluding hydrogens is 366 g/mol. The van der Waals surface area contributed by atoms with E-state index in [9.17, 15) is 4.79 Å². The zero-order chi connectivity index (χ0) is 21.0. The van der Waals surface area contributed by atoms with Crippen molar-refractivity contribution in [1.29, 1.82) is 0 Å². The molecule has 0 aliphatic heterocycles. The number of rotatable bonds is 10. The first-order valence-electron chi connectivity index (χ1n) is 10.6. The minimum Gasteiger partial charge on any atom is -0.497 e. The third-order valence-corrected chi connectivity index (χ3v) is 5.41. The Bertz CT molecular complexity index is 897. The van der Waals surface area contributed by atoms with E-state index in [1.165, 1.54) is 12.8 Å². The van der Waals surface area contributed by atoms with E-state index < -0.39 is 0 Å². The number of hydrogen-bond acceptors (Lipinski definition) is 5. The summed E-state index contributed by atoms with van der Waals surface area (Å²) in [6.07, 6.45) is 4.33. The van der Waals surface area contributed by atoms with Gasteiger partial charge in [0.05, 0.1) is 25.5 Å². The molecule has 1 aromatic heterocycles. The van der Waals surface area contributed by atoms with E-state index in [4.69, 9.17) is 14.5 Å². The van der Waals surface area contributed by atoms with Gasteiger partial charge in [-0.1, -0.05) is 13.8 Å². The number of hydrogen-bond donors (Lipinski definition) is 0. The van der Waals surface area contributed by atoms with Gasteiger partial charge in [0, 0.05) is 25.7 Å². The molecule has 0 atom stereocenters. The fraction of sp³-hybridized carbons (Fsp3) is 0.565. The molecule has 0 radical (unpaired) electrons. The van der Waals surface area contributed by atoms with Gasteiger partial charge in [-0.2, -0.15) is 0 Å². The second-order valence-electron chi connectivity index (χ2n) is 7.78. The molecule has 2 aromatic rings. The predicted octanol–water partition coefficient (Wildman–Crippen LogP) is 4.27. The summed E-state index contributed by atoms with van der Waals surface area (Å²) in [5.74, 6) is 2.61. The SMILES string of the molecule is CCCN(CCC)c1c(C)nc(-c2ccc(OC)cc2OC)n(CC2CC2)c1=O. The van der Waals surface area contributed by atoms with Crippen LogP contribution in [0.15, 0.2) is 23.0 Å². The molecule has 29 heavy (non-hydrogen) atoms. The standard InChI is InChI=1S/C23H33N3O3/c1-6-12-25(13-7-2)21-16(3)24-22(26(23(21)27)15-17-8-9-17)19-11-10-18(28-4)14-20(19)29-5/h10-11,14,17H,6-9,12-13,15H2,1-5H3. The lowest BCUT2D eigenvalue weighted by atomic mass is 10.1. The lowest BCUT2D eigenvalue weighted by Crippen LogP contribution is -2.36. The van der Waals surface area contributed by atoms with Crippen LogP contribution in [0.1, 0.15) is 45.2 Å². The van der Waals surface area contributed by atoms with Crippen molar-refractivity contribution < 1.29 is 9.47 Å². The van der Waals surface area contributed by atoms with Gasteiger partial charge in [-0.15, -0.1) is 0 Å². The highest BCUT2D eigenvalue weighted by atomic mass is 16.5. The molecule has 3 rings (SSSR count). The smallest absolute Gasteiger partial charge is 0.277 e. The van der Waals surface area contributed by atoms with Crippen LogP contribution < -0.4 is 19.9 Å². The lowest BCUT2D eigenvalue weighted by Gasteiger charge is -2.26. The van der Waals surface area contributed by atoms with E-state index in [-0.39, 0.29) is 5.56 Å². The summed E-state index contributed by atoms with van der Waals surface area (Å²) in [5.41, 5.74) is 2.39. The number of benzene rings is 1. The summed E-state index contributed by atoms with van der Waals surface area (Å²) in [7, 11) is 3.26. The average molecular weight is 400 g/mol. The van der Waals surface area contributed by atoms with Crippen LogP contribution in [0.2, 0.25) is 0 Å². The van der Waals surface area contributed by atoms with Crippen LogP contribution in [0.3, 0.4) is 0 Å². The number of aromatic nitrogens is 2. The number of methoxy groups -OCH3 is 2. The van der Waals surface area contributed by atoms with Gasteiger partial charge in [-0.05, 0) is 50.7 Å². The highest BCUT2D eigenvalue weighted by Crippen LogP contribution is 2.36. The maximum Gasteiger partial charge on any atom is 0.277 e. The van der Waals surface area contributed by atoms with Crippen molar-refractivity contribution >= 4 is 5.69 Å². The van der Waals surface area contributed by atoms with Crippen LogP contribution in [0.5, 0.6) is 11.5 Å². The van der Waals surface area contributed by atoms with Crippen LogP contribution in [-0.4, -0.2) is 36.9 Å². The second-order valence-corrected chi connectivity index (χ2v) is 7.78. The number of ether oxygens (including phenoxy) is 2. The molecule has 0 unspecified atom stereocenters. The van der Waals surface area contributed by atoms with Gasteiger partial charge in [0.15, 0.2) is 0 Å². The molecule has 0 spiro atoms. The first kappa shape index (κ1) is 21.2. The number of aryl methyl sites for hydroxylation is 1. The topological polar surface area (TPSA) is 56.6 Å². The zero-order valence-corrected chi connectivity index (χ0v) is 18.3. The van der Waals surface area contributed by atoms with E-state index in [0.29, 0.717) is 29.8 Å². The van der Waals surface area contributed by atoms with Crippen molar-refractivity contribution in [2.75, 3.05) is 32.2 Å². The molecule has 1 aliphatic rings. The largest absolute Gasteiger partial charge is 0.497 e. The van der Waals surface area contributed by atoms with Crippen LogP contribution in [0.25, 0.3) is 11.4 Å². The van der Waals surface area contributed by atoms with Crippen molar-refractivity contribution in [1.82, 2.24) is 9.55 Å². The Hall–Kier alpha value is -2.50. The van der Waals surface area contributed by atoms with Crippen molar-refractivity contribution in [3.63, 3.8) is 0 Å². The Labute approximate surface area is 173 Å². The molecule has 6 heteroatoms. The van der Waals surface area contributed by atoms with Gasteiger partial charge in [-0.25, -0.2) is 4.98 Å². The van der Waals surface area contributed by atoms with Crippen molar-refractivity contribution in [3.8, 4) is 22.9 Å². The summed E-state index contributed by atoms with van der Waals surface area (Å²) in [5, 5.41) is 0. The molecule has 1 saturated carbocycles.